The van der Waals surface area contributed by atoms with Crippen LogP contribution < -0.4 is 14.9 Å². The van der Waals surface area contributed by atoms with E-state index >= 15 is 0 Å². The lowest BCUT2D eigenvalue weighted by Crippen LogP contribution is -2.17. The predicted molar refractivity (Wildman–Crippen MR) is 120 cm³/mol. The van der Waals surface area contributed by atoms with Crippen molar-refractivity contribution >= 4 is 12.1 Å². The van der Waals surface area contributed by atoms with Crippen LogP contribution in [0.3, 0.4) is 0 Å². The molecule has 0 spiro atoms. The molecule has 8 heteroatoms. The summed E-state index contributed by atoms with van der Waals surface area (Å²) in [5.74, 6) is 1.02. The van der Waals surface area contributed by atoms with Crippen LogP contribution in [-0.4, -0.2) is 33.9 Å². The fourth-order valence-corrected chi connectivity index (χ4v) is 2.86. The normalized spacial score (nSPS) is 10.8. The zero-order valence-electron chi connectivity index (χ0n) is 17.9. The number of pyridine rings is 1. The van der Waals surface area contributed by atoms with Gasteiger partial charge in [0.25, 0.3) is 5.91 Å². The summed E-state index contributed by atoms with van der Waals surface area (Å²) in [7, 11) is 0. The van der Waals surface area contributed by atoms with Gasteiger partial charge in [-0.2, -0.15) is 5.10 Å². The number of aryl methyl sites for hydroxylation is 1. The first-order chi connectivity index (χ1) is 15.5. The number of aliphatic hydroxyl groups excluding tert-OH is 1. The molecule has 1 aromatic heterocycles. The van der Waals surface area contributed by atoms with Gasteiger partial charge >= 0.3 is 0 Å². The number of amides is 1. The molecular formula is C24H25N3O5. The number of hydrogen-bond donors (Lipinski definition) is 3. The maximum Gasteiger partial charge on any atom is 0.271 e. The molecule has 0 saturated carbocycles. The quantitative estimate of drug-likeness (QED) is 0.351. The fourth-order valence-electron chi connectivity index (χ4n) is 2.86. The Morgan fingerprint density at radius 2 is 1.75 bits per heavy atom. The summed E-state index contributed by atoms with van der Waals surface area (Å²) in [4.78, 5) is 16.3. The summed E-state index contributed by atoms with van der Waals surface area (Å²) in [6, 6.07) is 14.3. The van der Waals surface area contributed by atoms with E-state index in [-0.39, 0.29) is 12.4 Å². The SMILES string of the molecule is CCOc1ccc(OCc2ccc(C(=O)NN=Cc3c(CO)cnc(C)c3O)cc2)cc1. The first kappa shape index (κ1) is 22.8. The molecule has 3 aromatic rings. The lowest BCUT2D eigenvalue weighted by atomic mass is 10.1. The molecular weight excluding hydrogens is 410 g/mol. The largest absolute Gasteiger partial charge is 0.505 e. The minimum atomic E-state index is -0.406. The molecule has 0 unspecified atom stereocenters. The summed E-state index contributed by atoms with van der Waals surface area (Å²) >= 11 is 0. The second-order valence-electron chi connectivity index (χ2n) is 6.88. The highest BCUT2D eigenvalue weighted by Crippen LogP contribution is 2.22. The number of nitrogens with one attached hydrogen (secondary N) is 1. The number of rotatable bonds is 9. The molecule has 0 atom stereocenters. The number of hydrogen-bond acceptors (Lipinski definition) is 7. The molecule has 1 amide bonds. The molecule has 0 aliphatic carbocycles. The Morgan fingerprint density at radius 1 is 1.09 bits per heavy atom. The van der Waals surface area contributed by atoms with Crippen molar-refractivity contribution in [3.8, 4) is 17.2 Å². The topological polar surface area (TPSA) is 113 Å². The van der Waals surface area contributed by atoms with Gasteiger partial charge in [-0.1, -0.05) is 12.1 Å². The van der Waals surface area contributed by atoms with E-state index in [9.17, 15) is 15.0 Å². The molecule has 0 bridgehead atoms. The van der Waals surface area contributed by atoms with E-state index in [0.717, 1.165) is 17.1 Å². The van der Waals surface area contributed by atoms with Crippen LogP contribution in [0.1, 0.15) is 39.7 Å². The van der Waals surface area contributed by atoms with E-state index in [1.165, 1.54) is 12.4 Å². The Labute approximate surface area is 186 Å². The zero-order chi connectivity index (χ0) is 22.9. The van der Waals surface area contributed by atoms with E-state index in [0.29, 0.717) is 35.6 Å². The molecule has 0 aliphatic rings. The summed E-state index contributed by atoms with van der Waals surface area (Å²) in [5, 5.41) is 23.4. The van der Waals surface area contributed by atoms with Gasteiger partial charge in [-0.15, -0.1) is 0 Å². The second-order valence-corrected chi connectivity index (χ2v) is 6.88. The number of carbonyl (C=O) groups is 1. The number of aromatic hydroxyl groups is 1. The molecule has 0 saturated heterocycles. The van der Waals surface area contributed by atoms with Crippen LogP contribution in [-0.2, 0) is 13.2 Å². The average molecular weight is 435 g/mol. The Morgan fingerprint density at radius 3 is 2.38 bits per heavy atom. The van der Waals surface area contributed by atoms with Gasteiger partial charge in [0.15, 0.2) is 0 Å². The van der Waals surface area contributed by atoms with Crippen LogP contribution in [0.4, 0.5) is 0 Å². The van der Waals surface area contributed by atoms with Gasteiger partial charge in [0.1, 0.15) is 23.9 Å². The Balaban J connectivity index is 1.56. The molecule has 8 nitrogen and oxygen atoms in total. The van der Waals surface area contributed by atoms with Crippen LogP contribution in [0.25, 0.3) is 0 Å². The Kier molecular flexibility index (Phi) is 7.77. The van der Waals surface area contributed by atoms with Gasteiger partial charge < -0.3 is 19.7 Å². The molecule has 0 fully saturated rings. The number of hydrazone groups is 1. The van der Waals surface area contributed by atoms with E-state index in [2.05, 4.69) is 15.5 Å². The minimum absolute atomic E-state index is 0.0913. The highest BCUT2D eigenvalue weighted by molar-refractivity contribution is 5.95. The van der Waals surface area contributed by atoms with Gasteiger partial charge in [0.2, 0.25) is 0 Å². The Bertz CT molecular complexity index is 1080. The number of carbonyl (C=O) groups excluding carboxylic acids is 1. The first-order valence-electron chi connectivity index (χ1n) is 10.1. The molecule has 166 valence electrons. The lowest BCUT2D eigenvalue weighted by Gasteiger charge is -2.08. The van der Waals surface area contributed by atoms with Gasteiger partial charge in [0, 0.05) is 22.9 Å². The third-order valence-corrected chi connectivity index (χ3v) is 4.64. The van der Waals surface area contributed by atoms with Crippen molar-refractivity contribution in [1.82, 2.24) is 10.4 Å². The molecule has 2 aromatic carbocycles. The fraction of sp³-hybridized carbons (Fsp3) is 0.208. The van der Waals surface area contributed by atoms with Crippen LogP contribution >= 0.6 is 0 Å². The zero-order valence-corrected chi connectivity index (χ0v) is 17.9. The van der Waals surface area contributed by atoms with Gasteiger partial charge in [-0.25, -0.2) is 5.43 Å². The molecule has 0 aliphatic heterocycles. The van der Waals surface area contributed by atoms with Crippen molar-refractivity contribution in [2.75, 3.05) is 6.61 Å². The first-order valence-corrected chi connectivity index (χ1v) is 10.1. The number of ether oxygens (including phenoxy) is 2. The number of aliphatic hydroxyl groups is 1. The monoisotopic (exact) mass is 435 g/mol. The highest BCUT2D eigenvalue weighted by Gasteiger charge is 2.10. The van der Waals surface area contributed by atoms with Crippen molar-refractivity contribution in [3.05, 3.63) is 82.7 Å². The highest BCUT2D eigenvalue weighted by atomic mass is 16.5. The number of nitrogens with zero attached hydrogens (tertiary/aromatic N) is 2. The van der Waals surface area contributed by atoms with Crippen LogP contribution in [0.5, 0.6) is 17.2 Å². The number of benzene rings is 2. The van der Waals surface area contributed by atoms with Gasteiger partial charge in [-0.05, 0) is 55.8 Å². The molecule has 3 N–H and O–H groups in total. The lowest BCUT2D eigenvalue weighted by molar-refractivity contribution is 0.0955. The van der Waals surface area contributed by atoms with E-state index in [1.54, 1.807) is 31.2 Å². The van der Waals surface area contributed by atoms with Crippen molar-refractivity contribution in [1.29, 1.82) is 0 Å². The van der Waals surface area contributed by atoms with Crippen LogP contribution in [0, 0.1) is 6.92 Å². The summed E-state index contributed by atoms with van der Waals surface area (Å²) in [6.45, 7) is 4.23. The van der Waals surface area contributed by atoms with Crippen LogP contribution in [0.2, 0.25) is 0 Å². The third kappa shape index (κ3) is 5.83. The maximum atomic E-state index is 12.3. The molecule has 32 heavy (non-hydrogen) atoms. The molecule has 1 heterocycles. The summed E-state index contributed by atoms with van der Waals surface area (Å²) in [6.07, 6.45) is 2.73. The van der Waals surface area contributed by atoms with Crippen LogP contribution in [0.15, 0.2) is 59.8 Å². The van der Waals surface area contributed by atoms with E-state index < -0.39 is 5.91 Å². The van der Waals surface area contributed by atoms with Crippen molar-refractivity contribution in [2.45, 2.75) is 27.1 Å². The van der Waals surface area contributed by atoms with E-state index in [4.69, 9.17) is 9.47 Å². The molecule has 3 rings (SSSR count). The second kappa shape index (κ2) is 10.9. The summed E-state index contributed by atoms with van der Waals surface area (Å²) in [5.41, 5.74) is 4.85. The van der Waals surface area contributed by atoms with Gasteiger partial charge in [0.05, 0.1) is 25.1 Å². The number of aromatic nitrogens is 1. The third-order valence-electron chi connectivity index (χ3n) is 4.64. The Hall–Kier alpha value is -3.91. The molecule has 0 radical (unpaired) electrons. The smallest absolute Gasteiger partial charge is 0.271 e. The maximum absolute atomic E-state index is 12.3. The minimum Gasteiger partial charge on any atom is -0.505 e. The van der Waals surface area contributed by atoms with Gasteiger partial charge in [-0.3, -0.25) is 9.78 Å². The predicted octanol–water partition coefficient (Wildman–Crippen LogP) is 3.33. The van der Waals surface area contributed by atoms with Crippen molar-refractivity contribution < 1.29 is 24.5 Å². The summed E-state index contributed by atoms with van der Waals surface area (Å²) < 4.78 is 11.2. The van der Waals surface area contributed by atoms with E-state index in [1.807, 2.05) is 31.2 Å². The average Bonchev–Trinajstić information content (AvgIpc) is 2.82. The van der Waals surface area contributed by atoms with Crippen molar-refractivity contribution in [2.24, 2.45) is 5.10 Å². The van der Waals surface area contributed by atoms with Crippen molar-refractivity contribution in [3.63, 3.8) is 0 Å². The standard InChI is InChI=1S/C24H25N3O5/c1-3-31-20-8-10-21(11-9-20)32-15-17-4-6-18(7-5-17)24(30)27-26-13-22-19(14-28)12-25-16(2)23(22)29/h4-13,28-29H,3,14-15H2,1-2H3,(H,27,30).